The van der Waals surface area contributed by atoms with Crippen LogP contribution < -0.4 is 5.32 Å². The van der Waals surface area contributed by atoms with Crippen molar-refractivity contribution in [2.24, 2.45) is 0 Å². The highest BCUT2D eigenvalue weighted by molar-refractivity contribution is 5.97. The van der Waals surface area contributed by atoms with Crippen LogP contribution in [0.5, 0.6) is 0 Å². The number of carbonyl (C=O) groups excluding carboxylic acids is 2. The number of amides is 1. The summed E-state index contributed by atoms with van der Waals surface area (Å²) in [4.78, 5) is 38.6. The van der Waals surface area contributed by atoms with Gasteiger partial charge in [0.05, 0.1) is 4.92 Å². The van der Waals surface area contributed by atoms with E-state index in [4.69, 9.17) is 9.26 Å². The van der Waals surface area contributed by atoms with Crippen LogP contribution in [0.4, 0.5) is 5.69 Å². The molecule has 0 saturated heterocycles. The molecule has 0 fully saturated rings. The molecule has 148 valence electrons. The molecule has 3 rings (SSSR count). The molecule has 0 aliphatic heterocycles. The maximum atomic E-state index is 12.2. The second kappa shape index (κ2) is 8.74. The normalized spacial score (nSPS) is 11.5. The van der Waals surface area contributed by atoms with E-state index in [0.29, 0.717) is 5.82 Å². The van der Waals surface area contributed by atoms with Gasteiger partial charge in [0.25, 0.3) is 17.5 Å². The van der Waals surface area contributed by atoms with Crippen molar-refractivity contribution in [3.63, 3.8) is 0 Å². The highest BCUT2D eigenvalue weighted by Crippen LogP contribution is 2.15. The van der Waals surface area contributed by atoms with E-state index in [0.717, 1.165) is 11.6 Å². The molecule has 3 aromatic rings. The zero-order chi connectivity index (χ0) is 20.8. The maximum absolute atomic E-state index is 12.2. The first-order valence-electron chi connectivity index (χ1n) is 8.54. The molecule has 1 atom stereocenters. The zero-order valence-electron chi connectivity index (χ0n) is 15.3. The lowest BCUT2D eigenvalue weighted by atomic mass is 10.2. The number of hydrogen-bond acceptors (Lipinski definition) is 8. The summed E-state index contributed by atoms with van der Waals surface area (Å²) in [7, 11) is 0. The van der Waals surface area contributed by atoms with E-state index in [1.54, 1.807) is 0 Å². The van der Waals surface area contributed by atoms with E-state index < -0.39 is 22.8 Å². The molecule has 0 bridgehead atoms. The third-order valence-corrected chi connectivity index (χ3v) is 3.86. The summed E-state index contributed by atoms with van der Waals surface area (Å²) in [6.07, 6.45) is 0. The highest BCUT2D eigenvalue weighted by Gasteiger charge is 2.20. The van der Waals surface area contributed by atoms with Crippen LogP contribution in [0.2, 0.25) is 0 Å². The Bertz CT molecular complexity index is 1030. The number of nitrogens with one attached hydrogen (secondary N) is 1. The van der Waals surface area contributed by atoms with Gasteiger partial charge in [0.15, 0.2) is 6.61 Å². The Kier molecular flexibility index (Phi) is 5.93. The fourth-order valence-electron chi connectivity index (χ4n) is 2.38. The number of hydrogen-bond donors (Lipinski definition) is 1. The van der Waals surface area contributed by atoms with E-state index in [9.17, 15) is 19.7 Å². The first-order chi connectivity index (χ1) is 13.9. The van der Waals surface area contributed by atoms with Crippen molar-refractivity contribution >= 4 is 17.6 Å². The fourth-order valence-corrected chi connectivity index (χ4v) is 2.38. The Morgan fingerprint density at radius 3 is 2.69 bits per heavy atom. The quantitative estimate of drug-likeness (QED) is 0.365. The smallest absolute Gasteiger partial charge is 0.328 e. The SMILES string of the molecule is CC(NC(=O)c1cccc([N+](=O)[O-])c1)C(=O)OCc1nc(-c2ccccc2)no1. The van der Waals surface area contributed by atoms with E-state index >= 15 is 0 Å². The van der Waals surface area contributed by atoms with Crippen molar-refractivity contribution in [1.82, 2.24) is 15.5 Å². The number of benzene rings is 2. The van der Waals surface area contributed by atoms with Crippen molar-refractivity contribution in [2.75, 3.05) is 0 Å². The van der Waals surface area contributed by atoms with Crippen LogP contribution in [0.25, 0.3) is 11.4 Å². The van der Waals surface area contributed by atoms with Gasteiger partial charge in [0, 0.05) is 23.3 Å². The Labute approximate surface area is 164 Å². The van der Waals surface area contributed by atoms with Crippen LogP contribution in [0, 0.1) is 10.1 Å². The number of aromatic nitrogens is 2. The second-order valence-electron chi connectivity index (χ2n) is 5.99. The molecule has 0 spiro atoms. The van der Waals surface area contributed by atoms with Gasteiger partial charge in [-0.15, -0.1) is 0 Å². The summed E-state index contributed by atoms with van der Waals surface area (Å²) in [5, 5.41) is 17.0. The van der Waals surface area contributed by atoms with Gasteiger partial charge in [0.2, 0.25) is 5.82 Å². The van der Waals surface area contributed by atoms with Gasteiger partial charge in [-0.25, -0.2) is 4.79 Å². The number of rotatable bonds is 7. The minimum Gasteiger partial charge on any atom is -0.454 e. The molecule has 1 heterocycles. The van der Waals surface area contributed by atoms with E-state index in [1.807, 2.05) is 30.3 Å². The molecule has 0 radical (unpaired) electrons. The monoisotopic (exact) mass is 396 g/mol. The molecule has 1 aromatic heterocycles. The first kappa shape index (κ1) is 19.7. The van der Waals surface area contributed by atoms with Crippen LogP contribution >= 0.6 is 0 Å². The second-order valence-corrected chi connectivity index (χ2v) is 5.99. The third kappa shape index (κ3) is 5.01. The summed E-state index contributed by atoms with van der Waals surface area (Å²) in [6.45, 7) is 1.18. The van der Waals surface area contributed by atoms with Crippen LogP contribution in [0.1, 0.15) is 23.2 Å². The Balaban J connectivity index is 1.54. The fraction of sp³-hybridized carbons (Fsp3) is 0.158. The maximum Gasteiger partial charge on any atom is 0.328 e. The van der Waals surface area contributed by atoms with Gasteiger partial charge in [-0.1, -0.05) is 41.6 Å². The number of nitrogens with zero attached hydrogens (tertiary/aromatic N) is 3. The lowest BCUT2D eigenvalue weighted by Crippen LogP contribution is -2.39. The Morgan fingerprint density at radius 2 is 1.97 bits per heavy atom. The molecule has 1 amide bonds. The molecule has 10 heteroatoms. The number of ether oxygens (including phenoxy) is 1. The van der Waals surface area contributed by atoms with Gasteiger partial charge in [-0.3, -0.25) is 14.9 Å². The molecule has 0 aliphatic carbocycles. The summed E-state index contributed by atoms with van der Waals surface area (Å²) in [6, 6.07) is 13.3. The van der Waals surface area contributed by atoms with Crippen molar-refractivity contribution < 1.29 is 23.8 Å². The van der Waals surface area contributed by atoms with Crippen LogP contribution in [0.3, 0.4) is 0 Å². The van der Waals surface area contributed by atoms with Gasteiger partial charge in [-0.05, 0) is 13.0 Å². The van der Waals surface area contributed by atoms with Gasteiger partial charge in [-0.2, -0.15) is 4.98 Å². The Hall–Kier alpha value is -4.08. The third-order valence-electron chi connectivity index (χ3n) is 3.86. The van der Waals surface area contributed by atoms with Gasteiger partial charge < -0.3 is 14.6 Å². The summed E-state index contributed by atoms with van der Waals surface area (Å²) >= 11 is 0. The van der Waals surface area contributed by atoms with E-state index in [1.165, 1.54) is 25.1 Å². The molecule has 10 nitrogen and oxygen atoms in total. The molecule has 0 aliphatic rings. The topological polar surface area (TPSA) is 137 Å². The lowest BCUT2D eigenvalue weighted by molar-refractivity contribution is -0.384. The van der Waals surface area contributed by atoms with Crippen molar-refractivity contribution in [3.8, 4) is 11.4 Å². The first-order valence-corrected chi connectivity index (χ1v) is 8.54. The minimum absolute atomic E-state index is 0.0586. The molecule has 29 heavy (non-hydrogen) atoms. The Morgan fingerprint density at radius 1 is 1.21 bits per heavy atom. The van der Waals surface area contributed by atoms with E-state index in [-0.39, 0.29) is 23.7 Å². The number of nitro benzene ring substituents is 1. The lowest BCUT2D eigenvalue weighted by Gasteiger charge is -2.12. The zero-order valence-corrected chi connectivity index (χ0v) is 15.3. The van der Waals surface area contributed by atoms with Crippen LogP contribution in [-0.2, 0) is 16.1 Å². The average Bonchev–Trinajstić information content (AvgIpc) is 3.21. The number of carbonyl (C=O) groups is 2. The molecule has 0 saturated carbocycles. The highest BCUT2D eigenvalue weighted by atomic mass is 16.6. The molecular weight excluding hydrogens is 380 g/mol. The van der Waals surface area contributed by atoms with Crippen LogP contribution in [-0.4, -0.2) is 33.0 Å². The summed E-state index contributed by atoms with van der Waals surface area (Å²) in [5.41, 5.74) is 0.591. The minimum atomic E-state index is -0.988. The molecule has 1 unspecified atom stereocenters. The van der Waals surface area contributed by atoms with Gasteiger partial charge in [0.1, 0.15) is 6.04 Å². The summed E-state index contributed by atoms with van der Waals surface area (Å²) < 4.78 is 10.1. The summed E-state index contributed by atoms with van der Waals surface area (Å²) in [5.74, 6) is -0.886. The number of nitro groups is 1. The van der Waals surface area contributed by atoms with Crippen molar-refractivity contribution in [2.45, 2.75) is 19.6 Å². The standard InChI is InChI=1S/C19H16N4O6/c1-12(20-18(24)14-8-5-9-15(10-14)23(26)27)19(25)28-11-16-21-17(22-29-16)13-6-3-2-4-7-13/h2-10,12H,11H2,1H3,(H,20,24). The molecular formula is C19H16N4O6. The van der Waals surface area contributed by atoms with E-state index in [2.05, 4.69) is 15.5 Å². The molecule has 1 N–H and O–H groups in total. The molecule has 2 aromatic carbocycles. The van der Waals surface area contributed by atoms with Gasteiger partial charge >= 0.3 is 5.97 Å². The van der Waals surface area contributed by atoms with Crippen molar-refractivity contribution in [1.29, 1.82) is 0 Å². The average molecular weight is 396 g/mol. The largest absolute Gasteiger partial charge is 0.454 e. The predicted molar refractivity (Wildman–Crippen MR) is 99.6 cm³/mol. The predicted octanol–water partition coefficient (Wildman–Crippen LogP) is 2.51. The van der Waals surface area contributed by atoms with Crippen molar-refractivity contribution in [3.05, 3.63) is 76.2 Å². The van der Waals surface area contributed by atoms with Crippen LogP contribution in [0.15, 0.2) is 59.1 Å². The number of esters is 1. The number of non-ortho nitro benzene ring substituents is 1.